The Morgan fingerprint density at radius 3 is 3.00 bits per heavy atom. The van der Waals surface area contributed by atoms with Gasteiger partial charge in [0.05, 0.1) is 7.11 Å². The number of nitrogens with two attached hydrogens (primary N) is 1. The lowest BCUT2D eigenvalue weighted by Crippen LogP contribution is -1.95. The minimum absolute atomic E-state index is 0.0219. The van der Waals surface area contributed by atoms with Crippen LogP contribution in [0.5, 0.6) is 5.75 Å². The summed E-state index contributed by atoms with van der Waals surface area (Å²) in [5, 5.41) is 9.15. The molecule has 0 radical (unpaired) electrons. The van der Waals surface area contributed by atoms with Crippen LogP contribution in [0.25, 0.3) is 0 Å². The van der Waals surface area contributed by atoms with Gasteiger partial charge in [-0.05, 0) is 0 Å². The number of pyridine rings is 1. The van der Waals surface area contributed by atoms with Crippen LogP contribution in [-0.4, -0.2) is 23.2 Å². The molecule has 5 heteroatoms. The van der Waals surface area contributed by atoms with Crippen molar-refractivity contribution in [2.45, 2.75) is 0 Å². The van der Waals surface area contributed by atoms with Gasteiger partial charge in [-0.25, -0.2) is 9.78 Å². The number of esters is 1. The maximum atomic E-state index is 10.6. The molecular formula is C9H8N2O3. The molecule has 0 bridgehead atoms. The van der Waals surface area contributed by atoms with E-state index in [2.05, 4.69) is 21.6 Å². The Kier molecular flexibility index (Phi) is 2.92. The second kappa shape index (κ2) is 4.14. The SMILES string of the molecule is COC(=O)C#Cc1cnc(N)c(O)c1. The van der Waals surface area contributed by atoms with E-state index < -0.39 is 5.97 Å². The first-order valence-corrected chi connectivity index (χ1v) is 3.68. The lowest BCUT2D eigenvalue weighted by atomic mass is 10.2. The molecule has 72 valence electrons. The minimum atomic E-state index is -0.652. The molecule has 0 saturated carbocycles. The van der Waals surface area contributed by atoms with Crippen molar-refractivity contribution in [3.8, 4) is 17.6 Å². The number of rotatable bonds is 0. The van der Waals surface area contributed by atoms with Crippen LogP contribution in [0.1, 0.15) is 5.56 Å². The van der Waals surface area contributed by atoms with Crippen LogP contribution in [0, 0.1) is 11.8 Å². The van der Waals surface area contributed by atoms with Gasteiger partial charge in [0.25, 0.3) is 0 Å². The van der Waals surface area contributed by atoms with E-state index in [9.17, 15) is 4.79 Å². The number of aromatic hydroxyl groups is 1. The van der Waals surface area contributed by atoms with E-state index in [1.54, 1.807) is 0 Å². The van der Waals surface area contributed by atoms with Crippen LogP contribution in [-0.2, 0) is 9.53 Å². The van der Waals surface area contributed by atoms with Crippen LogP contribution < -0.4 is 5.73 Å². The first kappa shape index (κ1) is 9.86. The van der Waals surface area contributed by atoms with E-state index in [4.69, 9.17) is 10.8 Å². The molecule has 0 spiro atoms. The van der Waals surface area contributed by atoms with Crippen molar-refractivity contribution in [2.75, 3.05) is 12.8 Å². The highest BCUT2D eigenvalue weighted by molar-refractivity contribution is 5.89. The summed E-state index contributed by atoms with van der Waals surface area (Å²) >= 11 is 0. The van der Waals surface area contributed by atoms with Crippen LogP contribution in [0.2, 0.25) is 0 Å². The summed E-state index contributed by atoms with van der Waals surface area (Å²) in [4.78, 5) is 14.3. The fourth-order valence-electron chi connectivity index (χ4n) is 0.706. The summed E-state index contributed by atoms with van der Waals surface area (Å²) in [5.74, 6) is 3.86. The van der Waals surface area contributed by atoms with Crippen LogP contribution in [0.3, 0.4) is 0 Å². The molecule has 0 unspecified atom stereocenters. The highest BCUT2D eigenvalue weighted by Gasteiger charge is 1.98. The van der Waals surface area contributed by atoms with Crippen molar-refractivity contribution in [1.29, 1.82) is 0 Å². The third kappa shape index (κ3) is 2.38. The van der Waals surface area contributed by atoms with E-state index in [1.165, 1.54) is 19.4 Å². The molecule has 0 aliphatic rings. The molecule has 1 aromatic rings. The topological polar surface area (TPSA) is 85.4 Å². The van der Waals surface area contributed by atoms with Gasteiger partial charge in [-0.3, -0.25) is 0 Å². The average Bonchev–Trinajstić information content (AvgIpc) is 2.19. The Morgan fingerprint density at radius 2 is 2.43 bits per heavy atom. The van der Waals surface area contributed by atoms with Crippen molar-refractivity contribution in [2.24, 2.45) is 0 Å². The molecule has 0 aliphatic heterocycles. The Morgan fingerprint density at radius 1 is 1.71 bits per heavy atom. The van der Waals surface area contributed by atoms with Crippen molar-refractivity contribution in [1.82, 2.24) is 4.98 Å². The number of hydrogen-bond donors (Lipinski definition) is 2. The maximum absolute atomic E-state index is 10.6. The summed E-state index contributed by atoms with van der Waals surface area (Å²) in [6, 6.07) is 1.32. The number of ether oxygens (including phenoxy) is 1. The lowest BCUT2D eigenvalue weighted by molar-refractivity contribution is -0.133. The smallest absolute Gasteiger partial charge is 0.384 e. The molecule has 1 heterocycles. The summed E-state index contributed by atoms with van der Waals surface area (Å²) in [6.07, 6.45) is 1.35. The molecule has 14 heavy (non-hydrogen) atoms. The van der Waals surface area contributed by atoms with Crippen molar-refractivity contribution in [3.63, 3.8) is 0 Å². The van der Waals surface area contributed by atoms with Gasteiger partial charge < -0.3 is 15.6 Å². The number of methoxy groups -OCH3 is 1. The fraction of sp³-hybridized carbons (Fsp3) is 0.111. The van der Waals surface area contributed by atoms with Crippen LogP contribution >= 0.6 is 0 Å². The average molecular weight is 192 g/mol. The van der Waals surface area contributed by atoms with Crippen molar-refractivity contribution < 1.29 is 14.6 Å². The van der Waals surface area contributed by atoms with Gasteiger partial charge in [-0.15, -0.1) is 0 Å². The zero-order valence-corrected chi connectivity index (χ0v) is 7.44. The first-order chi connectivity index (χ1) is 6.63. The molecule has 0 amide bonds. The standard InChI is InChI=1S/C9H8N2O3/c1-14-8(13)3-2-6-4-7(12)9(10)11-5-6/h4-5,12H,1H3,(H2,10,11). The number of hydrogen-bond acceptors (Lipinski definition) is 5. The van der Waals surface area contributed by atoms with Crippen LogP contribution in [0.4, 0.5) is 5.82 Å². The Hall–Kier alpha value is -2.22. The molecule has 1 aromatic heterocycles. The summed E-state index contributed by atoms with van der Waals surface area (Å²) in [7, 11) is 1.23. The van der Waals surface area contributed by atoms with Gasteiger partial charge >= 0.3 is 5.97 Å². The molecular weight excluding hydrogens is 184 g/mol. The fourth-order valence-corrected chi connectivity index (χ4v) is 0.706. The summed E-state index contributed by atoms with van der Waals surface area (Å²) in [6.45, 7) is 0. The van der Waals surface area contributed by atoms with E-state index >= 15 is 0 Å². The van der Waals surface area contributed by atoms with Crippen LogP contribution in [0.15, 0.2) is 12.3 Å². The highest BCUT2D eigenvalue weighted by Crippen LogP contribution is 2.16. The minimum Gasteiger partial charge on any atom is -0.504 e. The largest absolute Gasteiger partial charge is 0.504 e. The van der Waals surface area contributed by atoms with E-state index in [-0.39, 0.29) is 11.6 Å². The molecule has 0 saturated heterocycles. The predicted octanol–water partition coefficient (Wildman–Crippen LogP) is -0.106. The Bertz CT molecular complexity index is 418. The number of aromatic nitrogens is 1. The molecule has 0 fully saturated rings. The van der Waals surface area contributed by atoms with Gasteiger partial charge in [0, 0.05) is 23.7 Å². The first-order valence-electron chi connectivity index (χ1n) is 3.68. The lowest BCUT2D eigenvalue weighted by Gasteiger charge is -1.96. The number of carbonyl (C=O) groups excluding carboxylic acids is 1. The zero-order chi connectivity index (χ0) is 10.6. The monoisotopic (exact) mass is 192 g/mol. The van der Waals surface area contributed by atoms with Gasteiger partial charge in [0.1, 0.15) is 0 Å². The molecule has 0 atom stereocenters. The normalized spacial score (nSPS) is 8.64. The third-order valence-electron chi connectivity index (χ3n) is 1.39. The Balaban J connectivity index is 2.91. The van der Waals surface area contributed by atoms with Gasteiger partial charge in [0.15, 0.2) is 11.6 Å². The quantitative estimate of drug-likeness (QED) is 0.442. The van der Waals surface area contributed by atoms with Gasteiger partial charge in [-0.2, -0.15) is 0 Å². The molecule has 1 rings (SSSR count). The second-order valence-electron chi connectivity index (χ2n) is 2.37. The van der Waals surface area contributed by atoms with E-state index in [0.29, 0.717) is 5.56 Å². The number of nitrogens with zero attached hydrogens (tertiary/aromatic N) is 1. The molecule has 5 nitrogen and oxygen atoms in total. The van der Waals surface area contributed by atoms with Crippen molar-refractivity contribution in [3.05, 3.63) is 17.8 Å². The van der Waals surface area contributed by atoms with Crippen molar-refractivity contribution >= 4 is 11.8 Å². The van der Waals surface area contributed by atoms with E-state index in [1.807, 2.05) is 0 Å². The van der Waals surface area contributed by atoms with E-state index in [0.717, 1.165) is 0 Å². The summed E-state index contributed by atoms with van der Waals surface area (Å²) < 4.78 is 4.31. The highest BCUT2D eigenvalue weighted by atomic mass is 16.5. The number of anilines is 1. The number of carbonyl (C=O) groups is 1. The molecule has 0 aliphatic carbocycles. The summed E-state index contributed by atoms with van der Waals surface area (Å²) in [5.41, 5.74) is 5.66. The molecule has 0 aromatic carbocycles. The zero-order valence-electron chi connectivity index (χ0n) is 7.44. The van der Waals surface area contributed by atoms with Gasteiger partial charge in [-0.1, -0.05) is 5.92 Å². The number of nitrogen functional groups attached to an aromatic ring is 1. The third-order valence-corrected chi connectivity index (χ3v) is 1.39. The predicted molar refractivity (Wildman–Crippen MR) is 49.2 cm³/mol. The van der Waals surface area contributed by atoms with Gasteiger partial charge in [0.2, 0.25) is 0 Å². The Labute approximate surface area is 80.5 Å². The second-order valence-corrected chi connectivity index (χ2v) is 2.37. The maximum Gasteiger partial charge on any atom is 0.384 e. The molecule has 3 N–H and O–H groups in total.